The molecule has 0 saturated heterocycles. The predicted molar refractivity (Wildman–Crippen MR) is 124 cm³/mol. The standard InChI is InChI=1S/C26H28N2O5/c1-26(2,14-23(29)27-17-12-11-16(13-17)24(30)31)28-25(32)33-15-22-20-9-5-3-7-18(20)19-8-4-6-10-21(19)22/h3-12,16-17,22H,13-15H2,1-2H3,(H,27,29)(H,28,32)(H,30,31). The number of fused-ring (bicyclic) bond motifs is 3. The number of alkyl carbamates (subject to hydrolysis) is 1. The van der Waals surface area contributed by atoms with E-state index >= 15 is 0 Å². The molecule has 0 spiro atoms. The molecular formula is C26H28N2O5. The second kappa shape index (κ2) is 9.10. The average molecular weight is 449 g/mol. The Bertz CT molecular complexity index is 1060. The topological polar surface area (TPSA) is 105 Å². The summed E-state index contributed by atoms with van der Waals surface area (Å²) < 4.78 is 5.57. The molecule has 172 valence electrons. The summed E-state index contributed by atoms with van der Waals surface area (Å²) in [5, 5.41) is 14.7. The van der Waals surface area contributed by atoms with Crippen molar-refractivity contribution in [3.05, 3.63) is 71.8 Å². The molecule has 0 heterocycles. The molecular weight excluding hydrogens is 420 g/mol. The average Bonchev–Trinajstić information content (AvgIpc) is 3.34. The van der Waals surface area contributed by atoms with Crippen LogP contribution in [0.5, 0.6) is 0 Å². The van der Waals surface area contributed by atoms with Crippen LogP contribution in [0.1, 0.15) is 43.7 Å². The van der Waals surface area contributed by atoms with Crippen LogP contribution in [0, 0.1) is 5.92 Å². The fourth-order valence-corrected chi connectivity index (χ4v) is 4.60. The number of ether oxygens (including phenoxy) is 1. The molecule has 4 rings (SSSR count). The summed E-state index contributed by atoms with van der Waals surface area (Å²) in [6.07, 6.45) is 3.08. The number of benzene rings is 2. The molecule has 3 N–H and O–H groups in total. The zero-order valence-corrected chi connectivity index (χ0v) is 18.7. The van der Waals surface area contributed by atoms with E-state index in [1.165, 1.54) is 0 Å². The molecule has 7 nitrogen and oxygen atoms in total. The van der Waals surface area contributed by atoms with Crippen molar-refractivity contribution in [1.29, 1.82) is 0 Å². The molecule has 0 aliphatic heterocycles. The van der Waals surface area contributed by atoms with Crippen LogP contribution in [0.25, 0.3) is 11.1 Å². The van der Waals surface area contributed by atoms with Crippen LogP contribution in [-0.2, 0) is 14.3 Å². The highest BCUT2D eigenvalue weighted by atomic mass is 16.5. The Kier molecular flexibility index (Phi) is 6.22. The SMILES string of the molecule is CC(C)(CC(=O)NC1C=CC(C(=O)O)C1)NC(=O)OCC1c2ccccc2-c2ccccc21. The van der Waals surface area contributed by atoms with Gasteiger partial charge in [-0.25, -0.2) is 4.79 Å². The Balaban J connectivity index is 1.30. The Labute approximate surface area is 192 Å². The third kappa shape index (κ3) is 5.08. The van der Waals surface area contributed by atoms with Crippen molar-refractivity contribution in [1.82, 2.24) is 10.6 Å². The van der Waals surface area contributed by atoms with Gasteiger partial charge in [0.2, 0.25) is 5.91 Å². The van der Waals surface area contributed by atoms with E-state index in [1.807, 2.05) is 24.3 Å². The smallest absolute Gasteiger partial charge is 0.407 e. The number of hydrogen-bond acceptors (Lipinski definition) is 4. The first-order chi connectivity index (χ1) is 15.7. The van der Waals surface area contributed by atoms with E-state index in [1.54, 1.807) is 26.0 Å². The molecule has 0 fully saturated rings. The van der Waals surface area contributed by atoms with Crippen molar-refractivity contribution in [2.24, 2.45) is 5.92 Å². The molecule has 0 bridgehead atoms. The number of carboxylic acid groups (broad SMARTS) is 1. The summed E-state index contributed by atoms with van der Waals surface area (Å²) in [6, 6.07) is 15.9. The van der Waals surface area contributed by atoms with E-state index in [4.69, 9.17) is 9.84 Å². The molecule has 2 atom stereocenters. The lowest BCUT2D eigenvalue weighted by molar-refractivity contribution is -0.140. The van der Waals surface area contributed by atoms with Crippen LogP contribution in [0.15, 0.2) is 60.7 Å². The van der Waals surface area contributed by atoms with Crippen LogP contribution in [0.4, 0.5) is 4.79 Å². The van der Waals surface area contributed by atoms with E-state index in [2.05, 4.69) is 34.9 Å². The van der Waals surface area contributed by atoms with Crippen LogP contribution < -0.4 is 10.6 Å². The highest BCUT2D eigenvalue weighted by Gasteiger charge is 2.31. The molecule has 0 aromatic heterocycles. The Hall–Kier alpha value is -3.61. The normalized spacial score (nSPS) is 19.0. The molecule has 7 heteroatoms. The second-order valence-corrected chi connectivity index (χ2v) is 9.25. The molecule has 2 unspecified atom stereocenters. The van der Waals surface area contributed by atoms with Crippen LogP contribution in [-0.4, -0.2) is 41.3 Å². The lowest BCUT2D eigenvalue weighted by Gasteiger charge is -2.26. The van der Waals surface area contributed by atoms with Crippen molar-refractivity contribution >= 4 is 18.0 Å². The van der Waals surface area contributed by atoms with Gasteiger partial charge in [0, 0.05) is 23.9 Å². The van der Waals surface area contributed by atoms with Gasteiger partial charge in [0.05, 0.1) is 5.92 Å². The summed E-state index contributed by atoms with van der Waals surface area (Å²) in [6.45, 7) is 3.70. The third-order valence-corrected chi connectivity index (χ3v) is 6.13. The number of carboxylic acids is 1. The van der Waals surface area contributed by atoms with Gasteiger partial charge in [-0.3, -0.25) is 9.59 Å². The van der Waals surface area contributed by atoms with Crippen molar-refractivity contribution < 1.29 is 24.2 Å². The summed E-state index contributed by atoms with van der Waals surface area (Å²) in [7, 11) is 0. The van der Waals surface area contributed by atoms with Gasteiger partial charge in [0.1, 0.15) is 6.61 Å². The van der Waals surface area contributed by atoms with Gasteiger partial charge in [-0.2, -0.15) is 0 Å². The lowest BCUT2D eigenvalue weighted by Crippen LogP contribution is -2.48. The fourth-order valence-electron chi connectivity index (χ4n) is 4.60. The van der Waals surface area contributed by atoms with Crippen LogP contribution in [0.3, 0.4) is 0 Å². The van der Waals surface area contributed by atoms with Gasteiger partial charge in [-0.15, -0.1) is 0 Å². The van der Waals surface area contributed by atoms with E-state index in [9.17, 15) is 14.4 Å². The second-order valence-electron chi connectivity index (χ2n) is 9.25. The molecule has 2 aromatic carbocycles. The van der Waals surface area contributed by atoms with Gasteiger partial charge in [-0.1, -0.05) is 60.7 Å². The fraction of sp³-hybridized carbons (Fsp3) is 0.346. The minimum Gasteiger partial charge on any atom is -0.481 e. The maximum absolute atomic E-state index is 12.5. The van der Waals surface area contributed by atoms with Crippen molar-refractivity contribution in [2.45, 2.75) is 44.2 Å². The number of carbonyl (C=O) groups is 3. The zero-order chi connectivity index (χ0) is 23.6. The summed E-state index contributed by atoms with van der Waals surface area (Å²) >= 11 is 0. The molecule has 2 aliphatic carbocycles. The summed E-state index contributed by atoms with van der Waals surface area (Å²) in [4.78, 5) is 36.0. The minimum atomic E-state index is -0.903. The minimum absolute atomic E-state index is 0.0362. The predicted octanol–water partition coefficient (Wildman–Crippen LogP) is 3.84. The number of amides is 2. The highest BCUT2D eigenvalue weighted by Crippen LogP contribution is 2.44. The van der Waals surface area contributed by atoms with Gasteiger partial charge >= 0.3 is 12.1 Å². The summed E-state index contributed by atoms with van der Waals surface area (Å²) in [5.74, 6) is -1.78. The van der Waals surface area contributed by atoms with E-state index in [-0.39, 0.29) is 30.9 Å². The molecule has 0 radical (unpaired) electrons. The van der Waals surface area contributed by atoms with Gasteiger partial charge in [0.25, 0.3) is 0 Å². The first kappa shape index (κ1) is 22.6. The zero-order valence-electron chi connectivity index (χ0n) is 18.7. The first-order valence-electron chi connectivity index (χ1n) is 11.1. The van der Waals surface area contributed by atoms with Crippen molar-refractivity contribution in [3.8, 4) is 11.1 Å². The van der Waals surface area contributed by atoms with E-state index in [0.29, 0.717) is 6.42 Å². The monoisotopic (exact) mass is 448 g/mol. The number of aliphatic carboxylic acids is 1. The number of hydrogen-bond donors (Lipinski definition) is 3. The van der Waals surface area contributed by atoms with Gasteiger partial charge in [-0.05, 0) is 42.5 Å². The maximum Gasteiger partial charge on any atom is 0.407 e. The summed E-state index contributed by atoms with van der Waals surface area (Å²) in [5.41, 5.74) is 3.75. The molecule has 2 aromatic rings. The quantitative estimate of drug-likeness (QED) is 0.558. The molecule has 2 aliphatic rings. The highest BCUT2D eigenvalue weighted by molar-refractivity contribution is 5.80. The van der Waals surface area contributed by atoms with Crippen LogP contribution in [0.2, 0.25) is 0 Å². The first-order valence-corrected chi connectivity index (χ1v) is 11.1. The largest absolute Gasteiger partial charge is 0.481 e. The molecule has 2 amide bonds. The number of carbonyl (C=O) groups excluding carboxylic acids is 2. The number of rotatable bonds is 7. The Morgan fingerprint density at radius 1 is 1.00 bits per heavy atom. The molecule has 33 heavy (non-hydrogen) atoms. The maximum atomic E-state index is 12.5. The Morgan fingerprint density at radius 3 is 2.18 bits per heavy atom. The van der Waals surface area contributed by atoms with Crippen molar-refractivity contribution in [2.75, 3.05) is 6.61 Å². The third-order valence-electron chi connectivity index (χ3n) is 6.13. The molecule has 0 saturated carbocycles. The van der Waals surface area contributed by atoms with Gasteiger partial charge in [0.15, 0.2) is 0 Å². The van der Waals surface area contributed by atoms with Crippen molar-refractivity contribution in [3.63, 3.8) is 0 Å². The van der Waals surface area contributed by atoms with Crippen LogP contribution >= 0.6 is 0 Å². The lowest BCUT2D eigenvalue weighted by atomic mass is 9.98. The Morgan fingerprint density at radius 2 is 1.61 bits per heavy atom. The van der Waals surface area contributed by atoms with E-state index in [0.717, 1.165) is 22.3 Å². The van der Waals surface area contributed by atoms with E-state index < -0.39 is 23.5 Å². The number of nitrogens with one attached hydrogen (secondary N) is 2. The van der Waals surface area contributed by atoms with Gasteiger partial charge < -0.3 is 20.5 Å².